The second kappa shape index (κ2) is 13.9. The third-order valence-electron chi connectivity index (χ3n) is 6.53. The van der Waals surface area contributed by atoms with E-state index in [1.165, 1.54) is 18.3 Å². The Hall–Kier alpha value is -3.55. The van der Waals surface area contributed by atoms with Gasteiger partial charge in [0.2, 0.25) is 23.6 Å². The van der Waals surface area contributed by atoms with Gasteiger partial charge in [0.1, 0.15) is 35.9 Å². The summed E-state index contributed by atoms with van der Waals surface area (Å²) in [6, 6.07) is -2.03. The number of ether oxygens (including phenoxy) is 2. The lowest BCUT2D eigenvalue weighted by Crippen LogP contribution is -2.57. The smallest absolute Gasteiger partial charge is 0.325 e. The lowest BCUT2D eigenvalue weighted by Gasteiger charge is -2.25. The number of hydrogen-bond acceptors (Lipinski definition) is 10. The highest BCUT2D eigenvalue weighted by Crippen LogP contribution is 2.35. The monoisotopic (exact) mass is 593 g/mol. The van der Waals surface area contributed by atoms with Crippen molar-refractivity contribution in [1.82, 2.24) is 26.3 Å². The number of nitrogens with zero attached hydrogens (tertiary/aromatic N) is 1. The Kier molecular flexibility index (Phi) is 10.8. The van der Waals surface area contributed by atoms with Gasteiger partial charge < -0.3 is 30.7 Å². The fourth-order valence-electron chi connectivity index (χ4n) is 4.26. The maximum Gasteiger partial charge on any atom is 0.325 e. The lowest BCUT2D eigenvalue weighted by molar-refractivity contribution is -0.155. The van der Waals surface area contributed by atoms with Gasteiger partial charge in [-0.05, 0) is 59.8 Å². The molecule has 1 aliphatic carbocycles. The highest BCUT2D eigenvalue weighted by atomic mass is 32.1. The Morgan fingerprint density at radius 2 is 1.85 bits per heavy atom. The van der Waals surface area contributed by atoms with Gasteiger partial charge in [0.25, 0.3) is 0 Å². The largest absolute Gasteiger partial charge is 0.461 e. The molecule has 1 saturated carbocycles. The van der Waals surface area contributed by atoms with Crippen molar-refractivity contribution in [3.05, 3.63) is 16.6 Å². The molecule has 3 rings (SSSR count). The zero-order valence-electron chi connectivity index (χ0n) is 23.9. The molecule has 0 bridgehead atoms. The number of carbonyl (C=O) groups excluding carboxylic acids is 6. The summed E-state index contributed by atoms with van der Waals surface area (Å²) in [4.78, 5) is 80.5. The molecule has 0 aromatic carbocycles. The van der Waals surface area contributed by atoms with Crippen LogP contribution in [0.2, 0.25) is 0 Å². The number of carbonyl (C=O) groups is 6. The summed E-state index contributed by atoms with van der Waals surface area (Å²) in [6.07, 6.45) is 1.13. The number of aromatic nitrogens is 1. The van der Waals surface area contributed by atoms with Crippen molar-refractivity contribution in [1.29, 1.82) is 0 Å². The predicted molar refractivity (Wildman–Crippen MR) is 147 cm³/mol. The van der Waals surface area contributed by atoms with Crippen molar-refractivity contribution in [2.75, 3.05) is 6.54 Å². The van der Waals surface area contributed by atoms with Crippen LogP contribution in [0.15, 0.2) is 10.9 Å². The van der Waals surface area contributed by atoms with E-state index in [0.29, 0.717) is 31.4 Å². The molecule has 3 atom stereocenters. The standard InChI is InChI=1S/C27H39N5O8S/c1-16-23(36)32-27(9-10-27)25(38)28-13-22(35)39-18(7-5-6-8-21(34)40-26(2,3)4)12-20(33)31-19(24(37)30-16)11-17-14-41-15-29-17/h14-16,18-19H,5-13H2,1-4H3,(H,28,38)(H,30,37)(H,31,33)(H,32,36)/t16-,18-,19-/m1/s1. The molecule has 0 radical (unpaired) electrons. The Bertz CT molecular complexity index is 1130. The summed E-state index contributed by atoms with van der Waals surface area (Å²) in [6.45, 7) is 6.38. The van der Waals surface area contributed by atoms with Gasteiger partial charge in [-0.2, -0.15) is 0 Å². The third kappa shape index (κ3) is 10.4. The van der Waals surface area contributed by atoms with E-state index >= 15 is 0 Å². The number of cyclic esters (lactones) is 1. The fraction of sp³-hybridized carbons (Fsp3) is 0.667. The highest BCUT2D eigenvalue weighted by molar-refractivity contribution is 7.07. The van der Waals surface area contributed by atoms with E-state index in [0.717, 1.165) is 0 Å². The van der Waals surface area contributed by atoms with Crippen LogP contribution in [0.25, 0.3) is 0 Å². The Morgan fingerprint density at radius 1 is 1.12 bits per heavy atom. The molecular formula is C27H39N5O8S. The maximum absolute atomic E-state index is 13.1. The summed E-state index contributed by atoms with van der Waals surface area (Å²) < 4.78 is 10.8. The lowest BCUT2D eigenvalue weighted by atomic mass is 10.1. The van der Waals surface area contributed by atoms with Gasteiger partial charge in [-0.1, -0.05) is 0 Å². The van der Waals surface area contributed by atoms with Gasteiger partial charge in [0.15, 0.2) is 0 Å². The van der Waals surface area contributed by atoms with Crippen molar-refractivity contribution in [3.63, 3.8) is 0 Å². The molecule has 1 spiro atoms. The Labute approximate surface area is 242 Å². The fourth-order valence-corrected chi connectivity index (χ4v) is 4.83. The molecule has 1 saturated heterocycles. The first-order valence-electron chi connectivity index (χ1n) is 13.7. The van der Waals surface area contributed by atoms with Crippen LogP contribution in [0.4, 0.5) is 0 Å². The van der Waals surface area contributed by atoms with Gasteiger partial charge in [0, 0.05) is 18.2 Å². The van der Waals surface area contributed by atoms with Crippen LogP contribution in [0.3, 0.4) is 0 Å². The number of esters is 2. The zero-order valence-corrected chi connectivity index (χ0v) is 24.7. The summed E-state index contributed by atoms with van der Waals surface area (Å²) in [5.41, 5.74) is 0.441. The van der Waals surface area contributed by atoms with Crippen LogP contribution in [0, 0.1) is 0 Å². The third-order valence-corrected chi connectivity index (χ3v) is 7.16. The predicted octanol–water partition coefficient (Wildman–Crippen LogP) is 0.658. The minimum atomic E-state index is -1.15. The van der Waals surface area contributed by atoms with E-state index in [2.05, 4.69) is 26.3 Å². The number of amides is 4. The van der Waals surface area contributed by atoms with Crippen LogP contribution in [-0.2, 0) is 44.7 Å². The summed E-state index contributed by atoms with van der Waals surface area (Å²) in [5, 5.41) is 12.2. The van der Waals surface area contributed by atoms with E-state index in [4.69, 9.17) is 9.47 Å². The second-order valence-corrected chi connectivity index (χ2v) is 12.2. The molecule has 4 amide bonds. The molecular weight excluding hydrogens is 554 g/mol. The van der Waals surface area contributed by atoms with Crippen molar-refractivity contribution < 1.29 is 38.2 Å². The molecule has 4 N–H and O–H groups in total. The molecule has 2 aliphatic rings. The molecule has 41 heavy (non-hydrogen) atoms. The zero-order chi connectivity index (χ0) is 30.2. The SMILES string of the molecule is C[C@H]1NC(=O)[C@@H](Cc2cscn2)NC(=O)C[C@@H](CCCCC(=O)OC(C)(C)C)OC(=O)CNC(=O)C2(CC2)NC1=O. The number of hydrogen-bond donors (Lipinski definition) is 4. The average molecular weight is 594 g/mol. The van der Waals surface area contributed by atoms with Gasteiger partial charge in [-0.15, -0.1) is 11.3 Å². The first-order valence-corrected chi connectivity index (χ1v) is 14.7. The van der Waals surface area contributed by atoms with Crippen molar-refractivity contribution in [2.45, 2.75) is 108 Å². The minimum absolute atomic E-state index is 0.0854. The van der Waals surface area contributed by atoms with Crippen molar-refractivity contribution in [2.24, 2.45) is 0 Å². The normalized spacial score (nSPS) is 24.0. The second-order valence-electron chi connectivity index (χ2n) is 11.4. The van der Waals surface area contributed by atoms with Gasteiger partial charge >= 0.3 is 11.9 Å². The molecule has 1 aromatic rings. The van der Waals surface area contributed by atoms with Crippen LogP contribution < -0.4 is 21.3 Å². The van der Waals surface area contributed by atoms with Crippen molar-refractivity contribution >= 4 is 46.9 Å². The van der Waals surface area contributed by atoms with Gasteiger partial charge in [0.05, 0.1) is 17.6 Å². The Balaban J connectivity index is 1.72. The summed E-state index contributed by atoms with van der Waals surface area (Å²) in [5.74, 6) is -3.33. The first-order chi connectivity index (χ1) is 19.3. The van der Waals surface area contributed by atoms with E-state index in [-0.39, 0.29) is 31.7 Å². The van der Waals surface area contributed by atoms with Gasteiger partial charge in [-0.3, -0.25) is 28.8 Å². The molecule has 2 fully saturated rings. The van der Waals surface area contributed by atoms with Crippen LogP contribution in [0.1, 0.15) is 78.3 Å². The quantitative estimate of drug-likeness (QED) is 0.261. The average Bonchev–Trinajstić information content (AvgIpc) is 3.47. The van der Waals surface area contributed by atoms with Crippen LogP contribution >= 0.6 is 11.3 Å². The van der Waals surface area contributed by atoms with Gasteiger partial charge in [-0.25, -0.2) is 4.98 Å². The van der Waals surface area contributed by atoms with Crippen LogP contribution in [-0.4, -0.2) is 76.4 Å². The topological polar surface area (TPSA) is 182 Å². The van der Waals surface area contributed by atoms with Crippen molar-refractivity contribution in [3.8, 4) is 0 Å². The highest BCUT2D eigenvalue weighted by Gasteiger charge is 2.51. The van der Waals surface area contributed by atoms with Crippen LogP contribution in [0.5, 0.6) is 0 Å². The first kappa shape index (κ1) is 32.0. The van der Waals surface area contributed by atoms with E-state index < -0.39 is 65.5 Å². The van der Waals surface area contributed by atoms with E-state index in [1.54, 1.807) is 31.7 Å². The number of unbranched alkanes of at least 4 members (excludes halogenated alkanes) is 1. The minimum Gasteiger partial charge on any atom is -0.461 e. The maximum atomic E-state index is 13.1. The molecule has 2 heterocycles. The molecule has 1 aliphatic heterocycles. The summed E-state index contributed by atoms with van der Waals surface area (Å²) >= 11 is 1.34. The molecule has 13 nitrogen and oxygen atoms in total. The number of rotatable bonds is 7. The van der Waals surface area contributed by atoms with E-state index in [1.807, 2.05) is 0 Å². The molecule has 0 unspecified atom stereocenters. The molecule has 14 heteroatoms. The number of thiazole rings is 1. The molecule has 226 valence electrons. The Morgan fingerprint density at radius 3 is 2.49 bits per heavy atom. The summed E-state index contributed by atoms with van der Waals surface area (Å²) in [7, 11) is 0. The van der Waals surface area contributed by atoms with E-state index in [9.17, 15) is 28.8 Å². The molecule has 1 aromatic heterocycles. The number of nitrogens with one attached hydrogen (secondary N) is 4.